The number of aromatic nitrogens is 1. The zero-order valence-electron chi connectivity index (χ0n) is 16.2. The lowest BCUT2D eigenvalue weighted by Crippen LogP contribution is -2.14. The molecule has 0 aliphatic heterocycles. The molecule has 0 spiro atoms. The molecule has 0 aliphatic carbocycles. The third-order valence-corrected chi connectivity index (χ3v) is 5.26. The summed E-state index contributed by atoms with van der Waals surface area (Å²) in [4.78, 5) is 16.2. The van der Waals surface area contributed by atoms with Gasteiger partial charge in [-0.2, -0.15) is 0 Å². The third-order valence-electron chi connectivity index (χ3n) is 4.84. The van der Waals surface area contributed by atoms with Gasteiger partial charge in [0, 0.05) is 22.0 Å². The van der Waals surface area contributed by atoms with Crippen molar-refractivity contribution in [1.82, 2.24) is 4.98 Å². The van der Waals surface area contributed by atoms with E-state index < -0.39 is 0 Å². The Morgan fingerprint density at radius 3 is 2.34 bits per heavy atom. The smallest absolute Gasteiger partial charge is 0.256 e. The number of hydrogen-bond acceptors (Lipinski definition) is 3. The van der Waals surface area contributed by atoms with Crippen LogP contribution in [-0.2, 0) is 0 Å². The van der Waals surface area contributed by atoms with Gasteiger partial charge in [0.05, 0.1) is 11.6 Å². The minimum absolute atomic E-state index is 0.194. The van der Waals surface area contributed by atoms with Crippen LogP contribution in [0.15, 0.2) is 72.8 Å². The SMILES string of the molecule is COc1ccc(-c2c(NC(=O)c3ccc(C)cc3)[nH]c3ccccc3c2=S)cc1. The number of methoxy groups -OCH3 is 1. The number of ether oxygens (including phenoxy) is 1. The number of para-hydroxylation sites is 1. The van der Waals surface area contributed by atoms with E-state index in [1.165, 1.54) is 0 Å². The maximum atomic E-state index is 12.9. The molecule has 5 heteroatoms. The first-order valence-corrected chi connectivity index (χ1v) is 9.65. The van der Waals surface area contributed by atoms with Crippen molar-refractivity contribution in [2.45, 2.75) is 6.92 Å². The zero-order chi connectivity index (χ0) is 20.4. The normalized spacial score (nSPS) is 10.7. The second kappa shape index (κ2) is 7.89. The molecule has 0 fully saturated rings. The fraction of sp³-hybridized carbons (Fsp3) is 0.0833. The van der Waals surface area contributed by atoms with Gasteiger partial charge >= 0.3 is 0 Å². The van der Waals surface area contributed by atoms with Crippen molar-refractivity contribution >= 4 is 34.8 Å². The van der Waals surface area contributed by atoms with E-state index >= 15 is 0 Å². The number of anilines is 1. The Balaban J connectivity index is 1.85. The molecule has 0 aliphatic rings. The molecule has 0 unspecified atom stereocenters. The molecule has 4 nitrogen and oxygen atoms in total. The van der Waals surface area contributed by atoms with Crippen molar-refractivity contribution in [1.29, 1.82) is 0 Å². The van der Waals surface area contributed by atoms with E-state index in [4.69, 9.17) is 17.0 Å². The molecule has 144 valence electrons. The molecule has 0 saturated carbocycles. The molecule has 0 radical (unpaired) electrons. The molecule has 1 aromatic heterocycles. The Hall–Kier alpha value is -3.44. The van der Waals surface area contributed by atoms with Crippen LogP contribution in [-0.4, -0.2) is 18.0 Å². The van der Waals surface area contributed by atoms with Gasteiger partial charge in [-0.25, -0.2) is 0 Å². The molecule has 4 rings (SSSR count). The van der Waals surface area contributed by atoms with Gasteiger partial charge in [-0.05, 0) is 42.8 Å². The summed E-state index contributed by atoms with van der Waals surface area (Å²) in [5.41, 5.74) is 4.24. The van der Waals surface area contributed by atoms with Crippen molar-refractivity contribution in [3.05, 3.63) is 88.4 Å². The van der Waals surface area contributed by atoms with Crippen LogP contribution in [0.4, 0.5) is 5.82 Å². The summed E-state index contributed by atoms with van der Waals surface area (Å²) < 4.78 is 5.95. The second-order valence-electron chi connectivity index (χ2n) is 6.80. The molecular formula is C24H20N2O2S. The minimum Gasteiger partial charge on any atom is -0.497 e. The van der Waals surface area contributed by atoms with Crippen molar-refractivity contribution in [2.75, 3.05) is 12.4 Å². The molecule has 1 amide bonds. The molecule has 0 bridgehead atoms. The number of nitrogens with one attached hydrogen (secondary N) is 2. The Morgan fingerprint density at radius 1 is 0.966 bits per heavy atom. The predicted octanol–water partition coefficient (Wildman–Crippen LogP) is 6.13. The first-order valence-electron chi connectivity index (χ1n) is 9.24. The number of H-pyrrole nitrogens is 1. The Labute approximate surface area is 174 Å². The summed E-state index contributed by atoms with van der Waals surface area (Å²) in [7, 11) is 1.63. The highest BCUT2D eigenvalue weighted by Crippen LogP contribution is 2.33. The maximum absolute atomic E-state index is 12.9. The first kappa shape index (κ1) is 18.9. The predicted molar refractivity (Wildman–Crippen MR) is 120 cm³/mol. The lowest BCUT2D eigenvalue weighted by molar-refractivity contribution is 0.102. The van der Waals surface area contributed by atoms with Crippen LogP contribution in [0, 0.1) is 11.4 Å². The van der Waals surface area contributed by atoms with Gasteiger partial charge in [0.25, 0.3) is 5.91 Å². The van der Waals surface area contributed by atoms with E-state index in [2.05, 4.69) is 10.3 Å². The Bertz CT molecular complexity index is 1240. The van der Waals surface area contributed by atoms with Gasteiger partial charge in [-0.1, -0.05) is 60.2 Å². The van der Waals surface area contributed by atoms with E-state index in [0.29, 0.717) is 15.9 Å². The van der Waals surface area contributed by atoms with Crippen molar-refractivity contribution in [2.24, 2.45) is 0 Å². The summed E-state index contributed by atoms with van der Waals surface area (Å²) in [6.07, 6.45) is 0. The number of carbonyl (C=O) groups excluding carboxylic acids is 1. The lowest BCUT2D eigenvalue weighted by atomic mass is 10.0. The van der Waals surface area contributed by atoms with E-state index in [1.807, 2.05) is 79.7 Å². The van der Waals surface area contributed by atoms with Crippen LogP contribution in [0.5, 0.6) is 5.75 Å². The highest BCUT2D eigenvalue weighted by Gasteiger charge is 2.15. The molecular weight excluding hydrogens is 380 g/mol. The minimum atomic E-state index is -0.194. The number of aromatic amines is 1. The number of aryl methyl sites for hydroxylation is 1. The monoisotopic (exact) mass is 400 g/mol. The molecule has 1 heterocycles. The number of benzene rings is 3. The Morgan fingerprint density at radius 2 is 1.66 bits per heavy atom. The fourth-order valence-electron chi connectivity index (χ4n) is 3.25. The van der Waals surface area contributed by atoms with Crippen LogP contribution < -0.4 is 10.1 Å². The van der Waals surface area contributed by atoms with E-state index in [-0.39, 0.29) is 5.91 Å². The maximum Gasteiger partial charge on any atom is 0.256 e. The molecule has 4 aromatic rings. The molecule has 0 atom stereocenters. The van der Waals surface area contributed by atoms with Crippen LogP contribution in [0.1, 0.15) is 15.9 Å². The number of fused-ring (bicyclic) bond motifs is 1. The molecule has 0 saturated heterocycles. The summed E-state index contributed by atoms with van der Waals surface area (Å²) in [6, 6.07) is 22.9. The largest absolute Gasteiger partial charge is 0.497 e. The fourth-order valence-corrected chi connectivity index (χ4v) is 3.65. The van der Waals surface area contributed by atoms with Crippen molar-refractivity contribution in [3.8, 4) is 16.9 Å². The standard InChI is InChI=1S/C24H20N2O2S/c1-15-7-9-17(10-8-15)24(27)26-23-21(16-11-13-18(28-2)14-12-16)22(29)19-5-3-4-6-20(19)25-23/h3-14H,1-2H3,(H2,25,26,27,29). The number of hydrogen-bond donors (Lipinski definition) is 2. The highest BCUT2D eigenvalue weighted by molar-refractivity contribution is 7.71. The quantitative estimate of drug-likeness (QED) is 0.405. The van der Waals surface area contributed by atoms with E-state index in [9.17, 15) is 4.79 Å². The Kier molecular flexibility index (Phi) is 5.14. The van der Waals surface area contributed by atoms with E-state index in [0.717, 1.165) is 33.3 Å². The van der Waals surface area contributed by atoms with Gasteiger partial charge in [-0.15, -0.1) is 0 Å². The van der Waals surface area contributed by atoms with Gasteiger partial charge in [0.2, 0.25) is 0 Å². The second-order valence-corrected chi connectivity index (χ2v) is 7.21. The molecule has 3 aromatic carbocycles. The van der Waals surface area contributed by atoms with Crippen LogP contribution in [0.2, 0.25) is 0 Å². The molecule has 2 N–H and O–H groups in total. The summed E-state index contributed by atoms with van der Waals surface area (Å²) in [5.74, 6) is 1.14. The third kappa shape index (κ3) is 3.77. The number of rotatable bonds is 4. The average molecular weight is 401 g/mol. The summed E-state index contributed by atoms with van der Waals surface area (Å²) >= 11 is 5.81. The first-order chi connectivity index (χ1) is 14.1. The number of carbonyl (C=O) groups is 1. The van der Waals surface area contributed by atoms with Crippen molar-refractivity contribution in [3.63, 3.8) is 0 Å². The average Bonchev–Trinajstić information content (AvgIpc) is 2.74. The topological polar surface area (TPSA) is 54.1 Å². The van der Waals surface area contributed by atoms with Crippen LogP contribution in [0.25, 0.3) is 22.0 Å². The van der Waals surface area contributed by atoms with Crippen LogP contribution in [0.3, 0.4) is 0 Å². The number of amides is 1. The van der Waals surface area contributed by atoms with Crippen LogP contribution >= 0.6 is 12.2 Å². The summed E-state index contributed by atoms with van der Waals surface area (Å²) in [6.45, 7) is 1.99. The van der Waals surface area contributed by atoms with Gasteiger partial charge < -0.3 is 15.0 Å². The highest BCUT2D eigenvalue weighted by atomic mass is 32.1. The lowest BCUT2D eigenvalue weighted by Gasteiger charge is -2.15. The summed E-state index contributed by atoms with van der Waals surface area (Å²) in [5, 5.41) is 3.95. The molecule has 29 heavy (non-hydrogen) atoms. The zero-order valence-corrected chi connectivity index (χ0v) is 17.0. The van der Waals surface area contributed by atoms with Gasteiger partial charge in [0.1, 0.15) is 11.6 Å². The van der Waals surface area contributed by atoms with Gasteiger partial charge in [0.15, 0.2) is 0 Å². The number of pyridine rings is 1. The van der Waals surface area contributed by atoms with E-state index in [1.54, 1.807) is 7.11 Å². The van der Waals surface area contributed by atoms with Crippen molar-refractivity contribution < 1.29 is 9.53 Å². The van der Waals surface area contributed by atoms with Gasteiger partial charge in [-0.3, -0.25) is 4.79 Å².